The molecule has 0 spiro atoms. The maximum atomic E-state index is 6.65. The van der Waals surface area contributed by atoms with Crippen LogP contribution >= 0.6 is 0 Å². The lowest BCUT2D eigenvalue weighted by atomic mass is 10.0. The van der Waals surface area contributed by atoms with E-state index in [0.717, 1.165) is 35.2 Å². The van der Waals surface area contributed by atoms with Crippen LogP contribution in [0, 0.1) is 27.7 Å². The van der Waals surface area contributed by atoms with Gasteiger partial charge < -0.3 is 8.84 Å². The summed E-state index contributed by atoms with van der Waals surface area (Å²) in [5.74, 6) is 1.93. The zero-order valence-corrected chi connectivity index (χ0v) is 15.5. The van der Waals surface area contributed by atoms with Crippen molar-refractivity contribution < 1.29 is 8.84 Å². The van der Waals surface area contributed by atoms with Gasteiger partial charge in [0.15, 0.2) is 5.75 Å². The molecule has 0 fully saturated rings. The van der Waals surface area contributed by atoms with Crippen molar-refractivity contribution in [2.75, 3.05) is 0 Å². The molecule has 1 aromatic carbocycles. The van der Waals surface area contributed by atoms with Gasteiger partial charge in [-0.2, -0.15) is 0 Å². The molecule has 0 aliphatic heterocycles. The van der Waals surface area contributed by atoms with Crippen LogP contribution in [0.25, 0.3) is 11.0 Å². The van der Waals surface area contributed by atoms with Crippen molar-refractivity contribution in [3.63, 3.8) is 0 Å². The molecule has 0 radical (unpaired) electrons. The van der Waals surface area contributed by atoms with Crippen LogP contribution in [0.5, 0.6) is 5.75 Å². The molecular weight excluding hydrogens is 276 g/mol. The van der Waals surface area contributed by atoms with E-state index in [1.165, 1.54) is 22.1 Å². The molecule has 0 amide bonds. The first-order chi connectivity index (χ1) is 9.89. The Morgan fingerprint density at radius 3 is 2.05 bits per heavy atom. The van der Waals surface area contributed by atoms with E-state index < -0.39 is 8.32 Å². The van der Waals surface area contributed by atoms with Gasteiger partial charge >= 0.3 is 0 Å². The highest BCUT2D eigenvalue weighted by atomic mass is 28.4. The monoisotopic (exact) mass is 304 g/mol. The van der Waals surface area contributed by atoms with Crippen LogP contribution in [-0.4, -0.2) is 8.32 Å². The first kappa shape index (κ1) is 16.2. The predicted octanol–water partition coefficient (Wildman–Crippen LogP) is 6.05. The summed E-state index contributed by atoms with van der Waals surface area (Å²) in [6, 6.07) is 5.69. The van der Waals surface area contributed by atoms with Gasteiger partial charge in [0.05, 0.1) is 5.39 Å². The number of furan rings is 1. The smallest absolute Gasteiger partial charge is 0.250 e. The quantitative estimate of drug-likeness (QED) is 0.627. The van der Waals surface area contributed by atoms with Crippen LogP contribution in [-0.2, 0) is 0 Å². The summed E-state index contributed by atoms with van der Waals surface area (Å²) in [6.45, 7) is 15.3. The third-order valence-corrected chi connectivity index (χ3v) is 9.54. The minimum Gasteiger partial charge on any atom is -0.541 e. The van der Waals surface area contributed by atoms with Gasteiger partial charge in [0, 0.05) is 0 Å². The van der Waals surface area contributed by atoms with Crippen LogP contribution in [0.1, 0.15) is 43.2 Å². The van der Waals surface area contributed by atoms with E-state index in [1.807, 2.05) is 6.92 Å². The fourth-order valence-electron chi connectivity index (χ4n) is 3.14. The normalized spacial score (nSPS) is 12.1. The third kappa shape index (κ3) is 2.64. The summed E-state index contributed by atoms with van der Waals surface area (Å²) in [5, 5.41) is 1.18. The van der Waals surface area contributed by atoms with Crippen molar-refractivity contribution in [2.24, 2.45) is 0 Å². The van der Waals surface area contributed by atoms with Crippen LogP contribution in [0.4, 0.5) is 0 Å². The van der Waals surface area contributed by atoms with Gasteiger partial charge in [0.25, 0.3) is 8.32 Å². The molecule has 3 heteroatoms. The van der Waals surface area contributed by atoms with Crippen molar-refractivity contribution in [2.45, 2.75) is 66.6 Å². The molecule has 21 heavy (non-hydrogen) atoms. The Bertz CT molecular complexity index is 643. The largest absolute Gasteiger partial charge is 0.541 e. The van der Waals surface area contributed by atoms with E-state index >= 15 is 0 Å². The second-order valence-corrected chi connectivity index (χ2v) is 10.9. The predicted molar refractivity (Wildman–Crippen MR) is 93.0 cm³/mol. The Morgan fingerprint density at radius 1 is 0.952 bits per heavy atom. The molecule has 0 N–H and O–H groups in total. The van der Waals surface area contributed by atoms with Gasteiger partial charge in [-0.15, -0.1) is 0 Å². The van der Waals surface area contributed by atoms with Gasteiger partial charge in [-0.3, -0.25) is 0 Å². The molecule has 1 heterocycles. The van der Waals surface area contributed by atoms with Gasteiger partial charge in [0.2, 0.25) is 0 Å². The maximum Gasteiger partial charge on any atom is 0.250 e. The molecule has 0 aliphatic carbocycles. The lowest BCUT2D eigenvalue weighted by molar-refractivity contribution is 0.495. The number of fused-ring (bicyclic) bond motifs is 1. The molecular formula is C18H28O2Si. The number of benzene rings is 1. The number of hydrogen-bond donors (Lipinski definition) is 0. The first-order valence-electron chi connectivity index (χ1n) is 8.08. The lowest BCUT2D eigenvalue weighted by Crippen LogP contribution is -2.39. The van der Waals surface area contributed by atoms with Crippen molar-refractivity contribution >= 4 is 19.3 Å². The Hall–Kier alpha value is -1.22. The maximum absolute atomic E-state index is 6.65. The van der Waals surface area contributed by atoms with Gasteiger partial charge in [-0.1, -0.05) is 26.8 Å². The molecule has 116 valence electrons. The molecule has 0 atom stereocenters. The van der Waals surface area contributed by atoms with E-state index in [4.69, 9.17) is 8.84 Å². The molecule has 2 aromatic rings. The first-order valence-corrected chi connectivity index (χ1v) is 10.6. The summed E-state index contributed by atoms with van der Waals surface area (Å²) in [4.78, 5) is 0. The number of rotatable bonds is 5. The molecule has 0 aliphatic rings. The summed E-state index contributed by atoms with van der Waals surface area (Å²) in [7, 11) is -1.68. The fraction of sp³-hybridized carbons (Fsp3) is 0.556. The Balaban J connectivity index is 2.65. The molecule has 0 saturated heterocycles. The van der Waals surface area contributed by atoms with Crippen molar-refractivity contribution in [3.8, 4) is 5.75 Å². The summed E-state index contributed by atoms with van der Waals surface area (Å²) in [6.07, 6.45) is 0. The van der Waals surface area contributed by atoms with E-state index in [0.29, 0.717) is 0 Å². The highest BCUT2D eigenvalue weighted by molar-refractivity contribution is 6.74. The third-order valence-electron chi connectivity index (χ3n) is 5.04. The van der Waals surface area contributed by atoms with Gasteiger partial charge in [0.1, 0.15) is 11.3 Å². The summed E-state index contributed by atoms with van der Waals surface area (Å²) < 4.78 is 12.7. The average Bonchev–Trinajstić information content (AvgIpc) is 2.80. The van der Waals surface area contributed by atoms with Crippen LogP contribution < -0.4 is 4.43 Å². The van der Waals surface area contributed by atoms with E-state index in [9.17, 15) is 0 Å². The van der Waals surface area contributed by atoms with E-state index in [2.05, 4.69) is 47.6 Å². The molecule has 0 unspecified atom stereocenters. The van der Waals surface area contributed by atoms with Crippen molar-refractivity contribution in [3.05, 3.63) is 28.5 Å². The summed E-state index contributed by atoms with van der Waals surface area (Å²) in [5.41, 5.74) is 4.77. The minimum atomic E-state index is -1.68. The molecule has 1 aromatic heterocycles. The van der Waals surface area contributed by atoms with Gasteiger partial charge in [-0.25, -0.2) is 0 Å². The van der Waals surface area contributed by atoms with Crippen molar-refractivity contribution in [1.82, 2.24) is 0 Å². The standard InChI is InChI=1S/C18H28O2Si/c1-8-21(9-2,10-3)20-18-15(7)19-17-14(6)12(4)11-13(5)16(17)18/h11H,8-10H2,1-7H3. The van der Waals surface area contributed by atoms with Crippen molar-refractivity contribution in [1.29, 1.82) is 0 Å². The highest BCUT2D eigenvalue weighted by Gasteiger charge is 2.33. The topological polar surface area (TPSA) is 22.4 Å². The Labute approximate surface area is 129 Å². The minimum absolute atomic E-state index is 0.925. The number of hydrogen-bond acceptors (Lipinski definition) is 2. The van der Waals surface area contributed by atoms with E-state index in [-0.39, 0.29) is 0 Å². The lowest BCUT2D eigenvalue weighted by Gasteiger charge is -2.29. The fourth-order valence-corrected chi connectivity index (χ4v) is 5.75. The second-order valence-electron chi connectivity index (χ2n) is 6.17. The van der Waals surface area contributed by atoms with Crippen LogP contribution in [0.15, 0.2) is 10.5 Å². The zero-order chi connectivity index (χ0) is 15.8. The van der Waals surface area contributed by atoms with Gasteiger partial charge in [-0.05, 0) is 62.5 Å². The average molecular weight is 305 g/mol. The SMILES string of the molecule is CC[Si](CC)(CC)Oc1c(C)oc2c(C)c(C)cc(C)c12. The highest BCUT2D eigenvalue weighted by Crippen LogP contribution is 2.40. The second kappa shape index (κ2) is 5.88. The Morgan fingerprint density at radius 2 is 1.52 bits per heavy atom. The molecule has 2 nitrogen and oxygen atoms in total. The summed E-state index contributed by atoms with van der Waals surface area (Å²) >= 11 is 0. The van der Waals surface area contributed by atoms with Crippen LogP contribution in [0.3, 0.4) is 0 Å². The molecule has 0 saturated carbocycles. The van der Waals surface area contributed by atoms with Crippen LogP contribution in [0.2, 0.25) is 18.1 Å². The Kier molecular flexibility index (Phi) is 4.52. The molecule has 2 rings (SSSR count). The number of aryl methyl sites for hydroxylation is 4. The molecule has 0 bridgehead atoms. The van der Waals surface area contributed by atoms with E-state index in [1.54, 1.807) is 0 Å². The zero-order valence-electron chi connectivity index (χ0n) is 14.5.